The van der Waals surface area contributed by atoms with Crippen LogP contribution in [-0.2, 0) is 19.1 Å². The van der Waals surface area contributed by atoms with Crippen molar-refractivity contribution in [2.75, 3.05) is 27.3 Å². The molecule has 1 heterocycles. The molecule has 0 aliphatic carbocycles. The highest BCUT2D eigenvalue weighted by Gasteiger charge is 2.37. The average molecular weight is 320 g/mol. The van der Waals surface area contributed by atoms with Crippen LogP contribution in [0.25, 0.3) is 0 Å². The molecule has 0 saturated carbocycles. The topological polar surface area (TPSA) is 55.8 Å². The smallest absolute Gasteiger partial charge is 0.323 e. The molecule has 1 fully saturated rings. The fourth-order valence-corrected chi connectivity index (χ4v) is 2.51. The minimum atomic E-state index is -0.415. The minimum absolute atomic E-state index is 0.237. The number of methoxy groups -OCH3 is 2. The Kier molecular flexibility index (Phi) is 5.81. The van der Waals surface area contributed by atoms with Crippen molar-refractivity contribution in [3.05, 3.63) is 11.1 Å². The Balaban J connectivity index is 2.75. The highest BCUT2D eigenvalue weighted by atomic mass is 79.9. The van der Waals surface area contributed by atoms with E-state index in [0.717, 1.165) is 4.48 Å². The van der Waals surface area contributed by atoms with Crippen LogP contribution in [0.15, 0.2) is 11.1 Å². The van der Waals surface area contributed by atoms with Crippen LogP contribution in [0.5, 0.6) is 0 Å². The first kappa shape index (κ1) is 15.2. The van der Waals surface area contributed by atoms with Gasteiger partial charge < -0.3 is 9.47 Å². The molecule has 0 spiro atoms. The lowest BCUT2D eigenvalue weighted by atomic mass is 9.91. The average Bonchev–Trinajstić information content (AvgIpc) is 2.36. The van der Waals surface area contributed by atoms with Crippen molar-refractivity contribution in [3.63, 3.8) is 0 Å². The molecule has 0 aromatic carbocycles. The minimum Gasteiger partial charge on any atom is -0.469 e. The molecule has 0 aromatic heterocycles. The van der Waals surface area contributed by atoms with Crippen molar-refractivity contribution in [3.8, 4) is 0 Å². The summed E-state index contributed by atoms with van der Waals surface area (Å²) in [5.41, 5.74) is 0. The Morgan fingerprint density at radius 1 is 1.33 bits per heavy atom. The standard InChI is InChI=1S/C12H18BrNO4/c1-8(13)7-14-5-4-9(11(15)17-2)6-10(14)12(16)18-3/h9-10H,1,4-7H2,2-3H3/t9-,10+/m1/s1. The first-order chi connectivity index (χ1) is 8.49. The summed E-state index contributed by atoms with van der Waals surface area (Å²) in [5.74, 6) is -0.822. The van der Waals surface area contributed by atoms with E-state index in [-0.39, 0.29) is 17.9 Å². The van der Waals surface area contributed by atoms with Crippen molar-refractivity contribution in [1.29, 1.82) is 0 Å². The lowest BCUT2D eigenvalue weighted by Crippen LogP contribution is -2.49. The van der Waals surface area contributed by atoms with Crippen LogP contribution in [0.4, 0.5) is 0 Å². The molecule has 2 atom stereocenters. The van der Waals surface area contributed by atoms with E-state index in [9.17, 15) is 9.59 Å². The van der Waals surface area contributed by atoms with Gasteiger partial charge in [-0.05, 0) is 12.8 Å². The van der Waals surface area contributed by atoms with Gasteiger partial charge in [-0.15, -0.1) is 0 Å². The van der Waals surface area contributed by atoms with Crippen molar-refractivity contribution in [2.24, 2.45) is 5.92 Å². The second-order valence-electron chi connectivity index (χ2n) is 4.27. The molecule has 5 nitrogen and oxygen atoms in total. The van der Waals surface area contributed by atoms with Crippen LogP contribution < -0.4 is 0 Å². The number of hydrogen-bond donors (Lipinski definition) is 0. The summed E-state index contributed by atoms with van der Waals surface area (Å²) < 4.78 is 10.3. The molecule has 6 heteroatoms. The van der Waals surface area contributed by atoms with Gasteiger partial charge in [-0.2, -0.15) is 0 Å². The maximum absolute atomic E-state index is 11.8. The second-order valence-corrected chi connectivity index (χ2v) is 5.39. The molecule has 0 bridgehead atoms. The van der Waals surface area contributed by atoms with E-state index in [4.69, 9.17) is 9.47 Å². The van der Waals surface area contributed by atoms with E-state index in [2.05, 4.69) is 22.5 Å². The summed E-state index contributed by atoms with van der Waals surface area (Å²) in [5, 5.41) is 0. The van der Waals surface area contributed by atoms with Gasteiger partial charge in [-0.1, -0.05) is 22.5 Å². The highest BCUT2D eigenvalue weighted by Crippen LogP contribution is 2.26. The largest absolute Gasteiger partial charge is 0.469 e. The van der Waals surface area contributed by atoms with E-state index < -0.39 is 6.04 Å². The number of carbonyl (C=O) groups excluding carboxylic acids is 2. The third kappa shape index (κ3) is 3.81. The van der Waals surface area contributed by atoms with Crippen LogP contribution in [0.3, 0.4) is 0 Å². The predicted octanol–water partition coefficient (Wildman–Crippen LogP) is 1.32. The van der Waals surface area contributed by atoms with Gasteiger partial charge in [0.05, 0.1) is 20.1 Å². The maximum Gasteiger partial charge on any atom is 0.323 e. The Morgan fingerprint density at radius 2 is 1.94 bits per heavy atom. The zero-order valence-electron chi connectivity index (χ0n) is 10.6. The molecule has 0 amide bonds. The summed E-state index contributed by atoms with van der Waals surface area (Å²) in [6.45, 7) is 4.98. The molecule has 0 aromatic rings. The van der Waals surface area contributed by atoms with Gasteiger partial charge in [-0.3, -0.25) is 14.5 Å². The third-order valence-corrected chi connectivity index (χ3v) is 3.35. The lowest BCUT2D eigenvalue weighted by Gasteiger charge is -2.36. The number of rotatable bonds is 4. The summed E-state index contributed by atoms with van der Waals surface area (Å²) in [6, 6.07) is -0.415. The van der Waals surface area contributed by atoms with Crippen LogP contribution in [0, 0.1) is 5.92 Å². The molecular formula is C12H18BrNO4. The predicted molar refractivity (Wildman–Crippen MR) is 70.2 cm³/mol. The molecule has 0 unspecified atom stereocenters. The van der Waals surface area contributed by atoms with Crippen molar-refractivity contribution >= 4 is 27.9 Å². The molecule has 1 saturated heterocycles. The second kappa shape index (κ2) is 6.89. The number of esters is 2. The number of carbonyl (C=O) groups is 2. The Bertz CT molecular complexity index is 345. The normalized spacial score (nSPS) is 24.4. The maximum atomic E-state index is 11.8. The highest BCUT2D eigenvalue weighted by molar-refractivity contribution is 9.11. The van der Waals surface area contributed by atoms with E-state index in [1.54, 1.807) is 0 Å². The van der Waals surface area contributed by atoms with Crippen LogP contribution in [0.2, 0.25) is 0 Å². The first-order valence-corrected chi connectivity index (χ1v) is 6.51. The molecule has 0 N–H and O–H groups in total. The van der Waals surface area contributed by atoms with Crippen LogP contribution >= 0.6 is 15.9 Å². The number of piperidine rings is 1. The molecular weight excluding hydrogens is 302 g/mol. The fraction of sp³-hybridized carbons (Fsp3) is 0.667. The van der Waals surface area contributed by atoms with Crippen LogP contribution in [0.1, 0.15) is 12.8 Å². The molecule has 18 heavy (non-hydrogen) atoms. The Hall–Kier alpha value is -0.880. The van der Waals surface area contributed by atoms with Gasteiger partial charge in [0.25, 0.3) is 0 Å². The zero-order valence-corrected chi connectivity index (χ0v) is 12.2. The number of likely N-dealkylation sites (tertiary alicyclic amines) is 1. The van der Waals surface area contributed by atoms with E-state index in [1.165, 1.54) is 14.2 Å². The molecule has 1 aliphatic rings. The first-order valence-electron chi connectivity index (χ1n) is 5.72. The van der Waals surface area contributed by atoms with Crippen LogP contribution in [-0.4, -0.2) is 50.2 Å². The van der Waals surface area contributed by atoms with Crippen molar-refractivity contribution < 1.29 is 19.1 Å². The summed E-state index contributed by atoms with van der Waals surface area (Å²) in [4.78, 5) is 25.2. The zero-order chi connectivity index (χ0) is 13.7. The van der Waals surface area contributed by atoms with Gasteiger partial charge in [0.15, 0.2) is 0 Å². The number of ether oxygens (including phenoxy) is 2. The number of halogens is 1. The summed E-state index contributed by atoms with van der Waals surface area (Å²) in [6.07, 6.45) is 1.11. The van der Waals surface area contributed by atoms with E-state index in [1.807, 2.05) is 4.90 Å². The fourth-order valence-electron chi connectivity index (χ4n) is 2.19. The van der Waals surface area contributed by atoms with E-state index >= 15 is 0 Å². The summed E-state index contributed by atoms with van der Waals surface area (Å²) in [7, 11) is 2.72. The Labute approximate surface area is 115 Å². The van der Waals surface area contributed by atoms with Crippen molar-refractivity contribution in [1.82, 2.24) is 4.90 Å². The Morgan fingerprint density at radius 3 is 2.44 bits per heavy atom. The summed E-state index contributed by atoms with van der Waals surface area (Å²) >= 11 is 3.29. The monoisotopic (exact) mass is 319 g/mol. The molecule has 0 radical (unpaired) electrons. The SMILES string of the molecule is C=C(Br)CN1CC[C@@H](C(=O)OC)C[C@H]1C(=O)OC. The van der Waals surface area contributed by atoms with Gasteiger partial charge in [-0.25, -0.2) is 0 Å². The number of hydrogen-bond acceptors (Lipinski definition) is 5. The number of nitrogens with zero attached hydrogens (tertiary/aromatic N) is 1. The third-order valence-electron chi connectivity index (χ3n) is 3.10. The quantitative estimate of drug-likeness (QED) is 0.731. The van der Waals surface area contributed by atoms with Gasteiger partial charge >= 0.3 is 11.9 Å². The van der Waals surface area contributed by atoms with Gasteiger partial charge in [0.2, 0.25) is 0 Å². The molecule has 1 rings (SSSR count). The van der Waals surface area contributed by atoms with Gasteiger partial charge in [0, 0.05) is 17.6 Å². The van der Waals surface area contributed by atoms with E-state index in [0.29, 0.717) is 25.9 Å². The van der Waals surface area contributed by atoms with Gasteiger partial charge in [0.1, 0.15) is 6.04 Å². The lowest BCUT2D eigenvalue weighted by molar-refractivity contribution is -0.154. The molecule has 1 aliphatic heterocycles. The van der Waals surface area contributed by atoms with Crippen molar-refractivity contribution in [2.45, 2.75) is 18.9 Å². The molecule has 102 valence electrons.